The average molecular weight is 147 g/mol. The van der Waals surface area contributed by atoms with E-state index in [0.717, 1.165) is 0 Å². The summed E-state index contributed by atoms with van der Waals surface area (Å²) in [5, 5.41) is 17.6. The molecule has 1 amide bonds. The van der Waals surface area contributed by atoms with E-state index in [1.54, 1.807) is 0 Å². The SMILES string of the molecule is CN(C)C(=O)[C@@](C)(O)CO. The highest BCUT2D eigenvalue weighted by Gasteiger charge is 2.30. The number of amides is 1. The van der Waals surface area contributed by atoms with Crippen LogP contribution in [0.4, 0.5) is 0 Å². The molecule has 1 atom stereocenters. The molecule has 0 aromatic carbocycles. The summed E-state index contributed by atoms with van der Waals surface area (Å²) in [7, 11) is 3.04. The van der Waals surface area contributed by atoms with Crippen LogP contribution in [0.15, 0.2) is 0 Å². The van der Waals surface area contributed by atoms with Gasteiger partial charge in [0.1, 0.15) is 0 Å². The largest absolute Gasteiger partial charge is 0.393 e. The van der Waals surface area contributed by atoms with Gasteiger partial charge in [0.25, 0.3) is 5.91 Å². The van der Waals surface area contributed by atoms with Crippen LogP contribution in [0.25, 0.3) is 0 Å². The predicted octanol–water partition coefficient (Wildman–Crippen LogP) is -1.18. The maximum absolute atomic E-state index is 10.9. The molecule has 60 valence electrons. The second kappa shape index (κ2) is 2.98. The molecule has 0 heterocycles. The van der Waals surface area contributed by atoms with Crippen LogP contribution < -0.4 is 0 Å². The lowest BCUT2D eigenvalue weighted by atomic mass is 10.1. The van der Waals surface area contributed by atoms with Crippen molar-refractivity contribution in [2.45, 2.75) is 12.5 Å². The Morgan fingerprint density at radius 2 is 2.00 bits per heavy atom. The zero-order valence-electron chi connectivity index (χ0n) is 6.46. The molecule has 0 spiro atoms. The van der Waals surface area contributed by atoms with Crippen molar-refractivity contribution in [3.05, 3.63) is 0 Å². The summed E-state index contributed by atoms with van der Waals surface area (Å²) in [6.45, 7) is 0.722. The lowest BCUT2D eigenvalue weighted by Crippen LogP contribution is -2.46. The maximum atomic E-state index is 10.9. The number of rotatable bonds is 2. The summed E-state index contributed by atoms with van der Waals surface area (Å²) in [4.78, 5) is 12.1. The van der Waals surface area contributed by atoms with E-state index in [0.29, 0.717) is 0 Å². The molecule has 0 bridgehead atoms. The van der Waals surface area contributed by atoms with Gasteiger partial charge >= 0.3 is 0 Å². The quantitative estimate of drug-likeness (QED) is 0.516. The fourth-order valence-electron chi connectivity index (χ4n) is 0.549. The van der Waals surface area contributed by atoms with Crippen molar-refractivity contribution in [3.8, 4) is 0 Å². The number of aliphatic hydroxyl groups is 2. The van der Waals surface area contributed by atoms with Gasteiger partial charge in [0, 0.05) is 14.1 Å². The highest BCUT2D eigenvalue weighted by molar-refractivity contribution is 5.84. The number of hydrogen-bond donors (Lipinski definition) is 2. The molecule has 0 aromatic rings. The van der Waals surface area contributed by atoms with Gasteiger partial charge in [-0.15, -0.1) is 0 Å². The molecular weight excluding hydrogens is 134 g/mol. The summed E-state index contributed by atoms with van der Waals surface area (Å²) in [5.74, 6) is -0.491. The monoisotopic (exact) mass is 147 g/mol. The minimum Gasteiger partial charge on any atom is -0.393 e. The number of carbonyl (C=O) groups is 1. The molecular formula is C6H13NO3. The summed E-state index contributed by atoms with van der Waals surface area (Å²) >= 11 is 0. The maximum Gasteiger partial charge on any atom is 0.256 e. The van der Waals surface area contributed by atoms with Crippen LogP contribution in [-0.4, -0.2) is 47.3 Å². The topological polar surface area (TPSA) is 60.8 Å². The summed E-state index contributed by atoms with van der Waals surface area (Å²) < 4.78 is 0. The van der Waals surface area contributed by atoms with Crippen molar-refractivity contribution >= 4 is 5.91 Å². The lowest BCUT2D eigenvalue weighted by molar-refractivity contribution is -0.150. The van der Waals surface area contributed by atoms with Crippen molar-refractivity contribution in [2.75, 3.05) is 20.7 Å². The van der Waals surface area contributed by atoms with Gasteiger partial charge in [0.2, 0.25) is 0 Å². The van der Waals surface area contributed by atoms with E-state index in [1.165, 1.54) is 25.9 Å². The smallest absolute Gasteiger partial charge is 0.256 e. The Hall–Kier alpha value is -0.610. The van der Waals surface area contributed by atoms with Gasteiger partial charge in [-0.25, -0.2) is 0 Å². The first kappa shape index (κ1) is 9.39. The van der Waals surface area contributed by atoms with E-state index in [2.05, 4.69) is 0 Å². The molecule has 0 aliphatic rings. The predicted molar refractivity (Wildman–Crippen MR) is 36.4 cm³/mol. The normalized spacial score (nSPS) is 16.1. The molecule has 2 N–H and O–H groups in total. The molecule has 0 rings (SSSR count). The number of nitrogens with zero attached hydrogens (tertiary/aromatic N) is 1. The first-order valence-corrected chi connectivity index (χ1v) is 2.97. The van der Waals surface area contributed by atoms with Crippen LogP contribution in [-0.2, 0) is 4.79 Å². The van der Waals surface area contributed by atoms with Crippen molar-refractivity contribution < 1.29 is 15.0 Å². The Labute approximate surface area is 60.1 Å². The number of likely N-dealkylation sites (N-methyl/N-ethyl adjacent to an activating group) is 1. The van der Waals surface area contributed by atoms with Gasteiger partial charge in [-0.2, -0.15) is 0 Å². The molecule has 4 heteroatoms. The molecule has 0 saturated carbocycles. The first-order chi connectivity index (χ1) is 4.41. The van der Waals surface area contributed by atoms with Crippen molar-refractivity contribution in [1.29, 1.82) is 0 Å². The second-order valence-electron chi connectivity index (χ2n) is 2.63. The molecule has 4 nitrogen and oxygen atoms in total. The third kappa shape index (κ3) is 1.97. The van der Waals surface area contributed by atoms with E-state index in [-0.39, 0.29) is 0 Å². The first-order valence-electron chi connectivity index (χ1n) is 2.97. The van der Waals surface area contributed by atoms with Gasteiger partial charge in [0.05, 0.1) is 6.61 Å². The van der Waals surface area contributed by atoms with Crippen LogP contribution >= 0.6 is 0 Å². The molecule has 0 unspecified atom stereocenters. The molecule has 0 aliphatic heterocycles. The Kier molecular flexibility index (Phi) is 2.80. The highest BCUT2D eigenvalue weighted by atomic mass is 16.3. The Morgan fingerprint density at radius 1 is 1.60 bits per heavy atom. The molecule has 0 radical (unpaired) electrons. The van der Waals surface area contributed by atoms with Gasteiger partial charge in [-0.05, 0) is 6.92 Å². The van der Waals surface area contributed by atoms with Crippen molar-refractivity contribution in [2.24, 2.45) is 0 Å². The second-order valence-corrected chi connectivity index (χ2v) is 2.63. The van der Waals surface area contributed by atoms with E-state index in [4.69, 9.17) is 10.2 Å². The minimum absolute atomic E-state index is 0.491. The van der Waals surface area contributed by atoms with Crippen LogP contribution in [0.3, 0.4) is 0 Å². The van der Waals surface area contributed by atoms with Crippen LogP contribution in [0, 0.1) is 0 Å². The van der Waals surface area contributed by atoms with Crippen LogP contribution in [0.1, 0.15) is 6.92 Å². The fraction of sp³-hybridized carbons (Fsp3) is 0.833. The third-order valence-corrected chi connectivity index (χ3v) is 1.17. The van der Waals surface area contributed by atoms with Crippen LogP contribution in [0.2, 0.25) is 0 Å². The molecule has 0 fully saturated rings. The van der Waals surface area contributed by atoms with Crippen molar-refractivity contribution in [3.63, 3.8) is 0 Å². The molecule has 10 heavy (non-hydrogen) atoms. The molecule has 0 saturated heterocycles. The molecule has 0 aliphatic carbocycles. The highest BCUT2D eigenvalue weighted by Crippen LogP contribution is 2.03. The summed E-state index contributed by atoms with van der Waals surface area (Å²) in [6, 6.07) is 0. The van der Waals surface area contributed by atoms with Gasteiger partial charge in [-0.1, -0.05) is 0 Å². The zero-order valence-corrected chi connectivity index (χ0v) is 6.46. The van der Waals surface area contributed by atoms with E-state index < -0.39 is 18.1 Å². The Morgan fingerprint density at radius 3 is 2.10 bits per heavy atom. The summed E-state index contributed by atoms with van der Waals surface area (Å²) in [6.07, 6.45) is 0. The Bertz CT molecular complexity index is 131. The minimum atomic E-state index is -1.64. The standard InChI is InChI=1S/C6H13NO3/c1-6(10,4-8)5(9)7(2)3/h8,10H,4H2,1-3H3/t6-/m0/s1. The zero-order chi connectivity index (χ0) is 8.36. The number of hydrogen-bond acceptors (Lipinski definition) is 3. The van der Waals surface area contributed by atoms with Gasteiger partial charge in [0.15, 0.2) is 5.60 Å². The molecule has 0 aromatic heterocycles. The average Bonchev–Trinajstić information content (AvgIpc) is 1.86. The third-order valence-electron chi connectivity index (χ3n) is 1.17. The number of carbonyl (C=O) groups excluding carboxylic acids is 1. The Balaban J connectivity index is 4.19. The van der Waals surface area contributed by atoms with E-state index in [9.17, 15) is 4.79 Å². The van der Waals surface area contributed by atoms with E-state index >= 15 is 0 Å². The van der Waals surface area contributed by atoms with Crippen LogP contribution in [0.5, 0.6) is 0 Å². The lowest BCUT2D eigenvalue weighted by Gasteiger charge is -2.22. The van der Waals surface area contributed by atoms with Gasteiger partial charge < -0.3 is 15.1 Å². The number of aliphatic hydroxyl groups excluding tert-OH is 1. The van der Waals surface area contributed by atoms with Crippen molar-refractivity contribution in [1.82, 2.24) is 4.90 Å². The fourth-order valence-corrected chi connectivity index (χ4v) is 0.549. The summed E-state index contributed by atoms with van der Waals surface area (Å²) in [5.41, 5.74) is -1.64. The van der Waals surface area contributed by atoms with Gasteiger partial charge in [-0.3, -0.25) is 4.79 Å². The van der Waals surface area contributed by atoms with E-state index in [1.807, 2.05) is 0 Å².